The van der Waals surface area contributed by atoms with Crippen LogP contribution in [0.4, 0.5) is 5.82 Å². The van der Waals surface area contributed by atoms with E-state index in [2.05, 4.69) is 67.7 Å². The van der Waals surface area contributed by atoms with Crippen LogP contribution in [0.2, 0.25) is 0 Å². The summed E-state index contributed by atoms with van der Waals surface area (Å²) in [5.74, 6) is 0.928. The lowest BCUT2D eigenvalue weighted by atomic mass is 10.1. The molecule has 0 bridgehead atoms. The molecule has 2 aromatic carbocycles. The summed E-state index contributed by atoms with van der Waals surface area (Å²) in [6.07, 6.45) is 0. The molecule has 1 atom stereocenters. The van der Waals surface area contributed by atoms with Crippen LogP contribution in [0.5, 0.6) is 0 Å². The lowest BCUT2D eigenvalue weighted by Gasteiger charge is -2.16. The maximum absolute atomic E-state index is 4.69. The first-order valence-electron chi connectivity index (χ1n) is 6.92. The number of nitrogens with one attached hydrogen (secondary N) is 1. The molecule has 0 aliphatic rings. The van der Waals surface area contributed by atoms with E-state index in [1.54, 1.807) is 0 Å². The second kappa shape index (κ2) is 5.33. The third kappa shape index (κ3) is 2.50. The zero-order chi connectivity index (χ0) is 13.9. The molecule has 0 saturated heterocycles. The van der Waals surface area contributed by atoms with Gasteiger partial charge in [0.05, 0.1) is 5.52 Å². The summed E-state index contributed by atoms with van der Waals surface area (Å²) in [7, 11) is 0. The Hall–Kier alpha value is -2.35. The molecule has 0 saturated carbocycles. The summed E-state index contributed by atoms with van der Waals surface area (Å²) in [6.45, 7) is 4.28. The van der Waals surface area contributed by atoms with Crippen molar-refractivity contribution in [2.24, 2.45) is 0 Å². The Kier molecular flexibility index (Phi) is 3.38. The number of hydrogen-bond donors (Lipinski definition) is 1. The summed E-state index contributed by atoms with van der Waals surface area (Å²) in [6, 6.07) is 21.0. The van der Waals surface area contributed by atoms with Crippen LogP contribution in [0.1, 0.15) is 24.1 Å². The highest BCUT2D eigenvalue weighted by molar-refractivity contribution is 5.83. The van der Waals surface area contributed by atoms with Crippen LogP contribution < -0.4 is 5.32 Å². The fourth-order valence-corrected chi connectivity index (χ4v) is 2.47. The van der Waals surface area contributed by atoms with Crippen molar-refractivity contribution in [3.05, 3.63) is 71.8 Å². The van der Waals surface area contributed by atoms with E-state index in [1.807, 2.05) is 12.1 Å². The molecule has 0 amide bonds. The summed E-state index contributed by atoms with van der Waals surface area (Å²) in [4.78, 5) is 4.69. The number of hydrogen-bond acceptors (Lipinski definition) is 2. The van der Waals surface area contributed by atoms with Crippen molar-refractivity contribution >= 4 is 16.7 Å². The average molecular weight is 262 g/mol. The Morgan fingerprint density at radius 3 is 2.45 bits per heavy atom. The van der Waals surface area contributed by atoms with Crippen molar-refractivity contribution in [3.8, 4) is 0 Å². The molecule has 1 N–H and O–H groups in total. The van der Waals surface area contributed by atoms with Crippen LogP contribution in [0, 0.1) is 6.92 Å². The van der Waals surface area contributed by atoms with Gasteiger partial charge in [0.2, 0.25) is 0 Å². The van der Waals surface area contributed by atoms with Crippen LogP contribution in [0.3, 0.4) is 0 Å². The van der Waals surface area contributed by atoms with Crippen molar-refractivity contribution in [2.45, 2.75) is 19.9 Å². The van der Waals surface area contributed by atoms with E-state index in [4.69, 9.17) is 4.98 Å². The largest absolute Gasteiger partial charge is 0.364 e. The van der Waals surface area contributed by atoms with Gasteiger partial charge in [-0.25, -0.2) is 4.98 Å². The predicted molar refractivity (Wildman–Crippen MR) is 85.0 cm³/mol. The quantitative estimate of drug-likeness (QED) is 0.739. The molecule has 0 fully saturated rings. The molecule has 0 aliphatic heterocycles. The van der Waals surface area contributed by atoms with Gasteiger partial charge < -0.3 is 5.32 Å². The van der Waals surface area contributed by atoms with Gasteiger partial charge in [-0.1, -0.05) is 48.5 Å². The molecule has 0 spiro atoms. The molecule has 1 heterocycles. The molecule has 3 rings (SSSR count). The summed E-state index contributed by atoms with van der Waals surface area (Å²) < 4.78 is 0. The Morgan fingerprint density at radius 2 is 1.65 bits per heavy atom. The second-order valence-electron chi connectivity index (χ2n) is 5.12. The third-order valence-electron chi connectivity index (χ3n) is 3.59. The number of rotatable bonds is 3. The number of aromatic nitrogens is 1. The van der Waals surface area contributed by atoms with Gasteiger partial charge in [0.1, 0.15) is 5.82 Å². The second-order valence-corrected chi connectivity index (χ2v) is 5.12. The molecule has 2 nitrogen and oxygen atoms in total. The van der Waals surface area contributed by atoms with E-state index in [9.17, 15) is 0 Å². The normalized spacial score (nSPS) is 12.3. The molecular weight excluding hydrogens is 244 g/mol. The highest BCUT2D eigenvalue weighted by Crippen LogP contribution is 2.23. The summed E-state index contributed by atoms with van der Waals surface area (Å²) in [5, 5.41) is 4.69. The van der Waals surface area contributed by atoms with Gasteiger partial charge in [-0.2, -0.15) is 0 Å². The number of para-hydroxylation sites is 1. The number of pyridine rings is 1. The number of nitrogens with zero attached hydrogens (tertiary/aromatic N) is 1. The van der Waals surface area contributed by atoms with Gasteiger partial charge >= 0.3 is 0 Å². The van der Waals surface area contributed by atoms with Gasteiger partial charge in [-0.15, -0.1) is 0 Å². The third-order valence-corrected chi connectivity index (χ3v) is 3.59. The fraction of sp³-hybridized carbons (Fsp3) is 0.167. The van der Waals surface area contributed by atoms with Crippen molar-refractivity contribution in [3.63, 3.8) is 0 Å². The van der Waals surface area contributed by atoms with Gasteiger partial charge in [0, 0.05) is 11.4 Å². The Morgan fingerprint density at radius 1 is 0.950 bits per heavy atom. The van der Waals surface area contributed by atoms with Crippen LogP contribution >= 0.6 is 0 Å². The maximum Gasteiger partial charge on any atom is 0.127 e. The number of benzene rings is 2. The molecular formula is C18H18N2. The van der Waals surface area contributed by atoms with Crippen LogP contribution in [0.15, 0.2) is 60.7 Å². The molecule has 0 radical (unpaired) electrons. The first-order chi connectivity index (χ1) is 9.74. The Labute approximate surface area is 119 Å². The number of aryl methyl sites for hydroxylation is 1. The van der Waals surface area contributed by atoms with Crippen LogP contribution in [-0.2, 0) is 0 Å². The molecule has 2 heteroatoms. The van der Waals surface area contributed by atoms with E-state index in [0.29, 0.717) is 0 Å². The molecule has 100 valence electrons. The Balaban J connectivity index is 1.91. The standard InChI is InChI=1S/C18H18N2/c1-13-12-18(20-17-11-7-6-10-16(13)17)19-14(2)15-8-4-3-5-9-15/h3-12,14H,1-2H3,(H,19,20)/t14-/m1/s1. The molecule has 1 aromatic heterocycles. The lowest BCUT2D eigenvalue weighted by molar-refractivity contribution is 0.876. The predicted octanol–water partition coefficient (Wildman–Crippen LogP) is 4.72. The van der Waals surface area contributed by atoms with E-state index in [0.717, 1.165) is 11.3 Å². The molecule has 3 aromatic rings. The smallest absolute Gasteiger partial charge is 0.127 e. The number of fused-ring (bicyclic) bond motifs is 1. The lowest BCUT2D eigenvalue weighted by Crippen LogP contribution is -2.08. The summed E-state index contributed by atoms with van der Waals surface area (Å²) in [5.41, 5.74) is 3.55. The van der Waals surface area contributed by atoms with Gasteiger partial charge in [0.25, 0.3) is 0 Å². The van der Waals surface area contributed by atoms with E-state index in [1.165, 1.54) is 16.5 Å². The van der Waals surface area contributed by atoms with Gasteiger partial charge in [-0.05, 0) is 37.1 Å². The van der Waals surface area contributed by atoms with Crippen LogP contribution in [0.25, 0.3) is 10.9 Å². The monoisotopic (exact) mass is 262 g/mol. The summed E-state index contributed by atoms with van der Waals surface area (Å²) >= 11 is 0. The highest BCUT2D eigenvalue weighted by atomic mass is 15.0. The van der Waals surface area contributed by atoms with E-state index in [-0.39, 0.29) is 6.04 Å². The van der Waals surface area contributed by atoms with Crippen molar-refractivity contribution in [1.82, 2.24) is 4.98 Å². The average Bonchev–Trinajstić information content (AvgIpc) is 2.48. The minimum absolute atomic E-state index is 0.240. The first-order valence-corrected chi connectivity index (χ1v) is 6.92. The van der Waals surface area contributed by atoms with Gasteiger partial charge in [0.15, 0.2) is 0 Å². The minimum Gasteiger partial charge on any atom is -0.364 e. The highest BCUT2D eigenvalue weighted by Gasteiger charge is 2.07. The zero-order valence-corrected chi connectivity index (χ0v) is 11.8. The zero-order valence-electron chi connectivity index (χ0n) is 11.8. The van der Waals surface area contributed by atoms with Gasteiger partial charge in [-0.3, -0.25) is 0 Å². The Bertz CT molecular complexity index is 720. The SMILES string of the molecule is Cc1cc(N[C@H](C)c2ccccc2)nc2ccccc12. The van der Waals surface area contributed by atoms with Crippen molar-refractivity contribution < 1.29 is 0 Å². The molecule has 0 unspecified atom stereocenters. The fourth-order valence-electron chi connectivity index (χ4n) is 2.47. The molecule has 0 aliphatic carbocycles. The van der Waals surface area contributed by atoms with E-state index >= 15 is 0 Å². The van der Waals surface area contributed by atoms with Crippen molar-refractivity contribution in [2.75, 3.05) is 5.32 Å². The maximum atomic E-state index is 4.69. The minimum atomic E-state index is 0.240. The molecule has 20 heavy (non-hydrogen) atoms. The van der Waals surface area contributed by atoms with E-state index < -0.39 is 0 Å². The number of anilines is 1. The van der Waals surface area contributed by atoms with Crippen molar-refractivity contribution in [1.29, 1.82) is 0 Å². The first kappa shape index (κ1) is 12.7. The van der Waals surface area contributed by atoms with Crippen LogP contribution in [-0.4, -0.2) is 4.98 Å². The topological polar surface area (TPSA) is 24.9 Å².